The van der Waals surface area contributed by atoms with Crippen LogP contribution >= 0.6 is 0 Å². The van der Waals surface area contributed by atoms with Crippen molar-refractivity contribution in [2.75, 3.05) is 26.2 Å². The Balaban J connectivity index is 1.43. The van der Waals surface area contributed by atoms with Crippen molar-refractivity contribution in [3.8, 4) is 0 Å². The molecule has 0 radical (unpaired) electrons. The maximum Gasteiger partial charge on any atom is 0.224 e. The highest BCUT2D eigenvalue weighted by molar-refractivity contribution is 5.78. The second-order valence-corrected chi connectivity index (χ2v) is 7.73. The van der Waals surface area contributed by atoms with E-state index in [0.717, 1.165) is 57.7 Å². The first-order valence-electron chi connectivity index (χ1n) is 10.2. The number of rotatable bonds is 5. The Morgan fingerprint density at radius 3 is 2.93 bits per heavy atom. The van der Waals surface area contributed by atoms with Crippen LogP contribution in [0.3, 0.4) is 0 Å². The van der Waals surface area contributed by atoms with Crippen LogP contribution in [0.4, 0.5) is 0 Å². The largest absolute Gasteiger partial charge is 0.368 e. The molecule has 2 N–H and O–H groups in total. The lowest BCUT2D eigenvalue weighted by atomic mass is 9.92. The Hall–Kier alpha value is -2.27. The predicted molar refractivity (Wildman–Crippen MR) is 108 cm³/mol. The third kappa shape index (κ3) is 4.03. The van der Waals surface area contributed by atoms with E-state index in [9.17, 15) is 4.79 Å². The first-order valence-corrected chi connectivity index (χ1v) is 10.2. The highest BCUT2D eigenvalue weighted by Gasteiger charge is 2.35. The maximum atomic E-state index is 12.1. The minimum atomic E-state index is 0.132. The molecule has 3 aliphatic heterocycles. The summed E-state index contributed by atoms with van der Waals surface area (Å²) in [5.41, 5.74) is 3.71. The molecule has 3 aliphatic rings. The van der Waals surface area contributed by atoms with Gasteiger partial charge >= 0.3 is 0 Å². The van der Waals surface area contributed by atoms with Gasteiger partial charge in [0, 0.05) is 56.5 Å². The third-order valence-corrected chi connectivity index (χ3v) is 5.77. The van der Waals surface area contributed by atoms with E-state index in [-0.39, 0.29) is 5.91 Å². The van der Waals surface area contributed by atoms with Crippen molar-refractivity contribution in [2.45, 2.75) is 45.2 Å². The summed E-state index contributed by atoms with van der Waals surface area (Å²) in [7, 11) is 0. The van der Waals surface area contributed by atoms with Crippen LogP contribution in [-0.2, 0) is 11.3 Å². The van der Waals surface area contributed by atoms with Gasteiger partial charge in [0.1, 0.15) is 5.82 Å². The van der Waals surface area contributed by atoms with Crippen LogP contribution in [0.1, 0.15) is 38.2 Å². The molecular formula is C22H30N4O. The van der Waals surface area contributed by atoms with Crippen molar-refractivity contribution in [1.29, 1.82) is 0 Å². The van der Waals surface area contributed by atoms with E-state index in [1.54, 1.807) is 0 Å². The second-order valence-electron chi connectivity index (χ2n) is 7.73. The van der Waals surface area contributed by atoms with Gasteiger partial charge in [-0.15, -0.1) is 0 Å². The summed E-state index contributed by atoms with van der Waals surface area (Å²) in [4.78, 5) is 17.2. The van der Waals surface area contributed by atoms with Crippen LogP contribution < -0.4 is 10.6 Å². The number of fused-ring (bicyclic) bond motifs is 2. The quantitative estimate of drug-likeness (QED) is 0.841. The summed E-state index contributed by atoms with van der Waals surface area (Å²) in [6, 6.07) is 11.3. The first kappa shape index (κ1) is 18.1. The topological polar surface area (TPSA) is 47.6 Å². The summed E-state index contributed by atoms with van der Waals surface area (Å²) in [6.07, 6.45) is 5.77. The molecule has 144 valence electrons. The summed E-state index contributed by atoms with van der Waals surface area (Å²) >= 11 is 0. The lowest BCUT2D eigenvalue weighted by Crippen LogP contribution is -2.56. The number of amides is 1. The van der Waals surface area contributed by atoms with Crippen molar-refractivity contribution < 1.29 is 4.79 Å². The normalized spacial score (nSPS) is 22.5. The molecule has 0 aromatic heterocycles. The SMILES string of the molecule is CCCC(=O)NC1=CCNC2=C1CCC1CN(Cc3ccccc3)CCN21. The molecule has 5 nitrogen and oxygen atoms in total. The standard InChI is InChI=1S/C22H30N4O/c1-2-6-21(27)24-20-11-12-23-22-19(20)10-9-18-16-25(13-14-26(18)22)15-17-7-4-3-5-8-17/h3-5,7-8,11,18,23H,2,6,9-10,12-16H2,1H3,(H,24,27). The monoisotopic (exact) mass is 366 g/mol. The van der Waals surface area contributed by atoms with Crippen molar-refractivity contribution in [1.82, 2.24) is 20.4 Å². The van der Waals surface area contributed by atoms with Crippen LogP contribution in [0.2, 0.25) is 0 Å². The fourth-order valence-corrected chi connectivity index (χ4v) is 4.46. The molecule has 1 fully saturated rings. The zero-order valence-electron chi connectivity index (χ0n) is 16.2. The number of dihydropyridines is 1. The van der Waals surface area contributed by atoms with E-state index in [1.807, 2.05) is 6.92 Å². The highest BCUT2D eigenvalue weighted by Crippen LogP contribution is 2.33. The number of carbonyl (C=O) groups is 1. The molecule has 0 spiro atoms. The first-order chi connectivity index (χ1) is 13.2. The summed E-state index contributed by atoms with van der Waals surface area (Å²) in [5, 5.41) is 6.72. The Labute approximate surface area is 162 Å². The van der Waals surface area contributed by atoms with Crippen LogP contribution in [0, 0.1) is 0 Å². The zero-order valence-corrected chi connectivity index (χ0v) is 16.2. The van der Waals surface area contributed by atoms with Gasteiger partial charge in [-0.1, -0.05) is 37.3 Å². The Bertz CT molecular complexity index is 740. The zero-order chi connectivity index (χ0) is 18.6. The minimum Gasteiger partial charge on any atom is -0.368 e. The van der Waals surface area contributed by atoms with Crippen molar-refractivity contribution >= 4 is 5.91 Å². The molecule has 1 atom stereocenters. The van der Waals surface area contributed by atoms with Gasteiger partial charge in [0.2, 0.25) is 5.91 Å². The summed E-state index contributed by atoms with van der Waals surface area (Å²) in [5.74, 6) is 1.38. The third-order valence-electron chi connectivity index (χ3n) is 5.77. The second kappa shape index (κ2) is 8.17. The molecule has 1 aromatic rings. The van der Waals surface area contributed by atoms with Crippen LogP contribution in [-0.4, -0.2) is 47.9 Å². The molecule has 1 unspecified atom stereocenters. The van der Waals surface area contributed by atoms with Crippen molar-refractivity contribution in [3.05, 3.63) is 59.1 Å². The van der Waals surface area contributed by atoms with Crippen LogP contribution in [0.5, 0.6) is 0 Å². The number of hydrogen-bond acceptors (Lipinski definition) is 4. The van der Waals surface area contributed by atoms with Crippen LogP contribution in [0.25, 0.3) is 0 Å². The molecule has 0 bridgehead atoms. The molecule has 4 rings (SSSR count). The van der Waals surface area contributed by atoms with Gasteiger partial charge in [0.15, 0.2) is 0 Å². The Morgan fingerprint density at radius 2 is 2.11 bits per heavy atom. The van der Waals surface area contributed by atoms with Crippen molar-refractivity contribution in [3.63, 3.8) is 0 Å². The average Bonchev–Trinajstić information content (AvgIpc) is 2.69. The summed E-state index contributed by atoms with van der Waals surface area (Å²) in [6.45, 7) is 7.08. The van der Waals surface area contributed by atoms with Crippen molar-refractivity contribution in [2.24, 2.45) is 0 Å². The lowest BCUT2D eigenvalue weighted by Gasteiger charge is -2.48. The van der Waals surface area contributed by atoms with E-state index in [0.29, 0.717) is 12.5 Å². The maximum absolute atomic E-state index is 12.1. The number of hydrogen-bond donors (Lipinski definition) is 2. The molecule has 3 heterocycles. The smallest absolute Gasteiger partial charge is 0.224 e. The van der Waals surface area contributed by atoms with E-state index in [4.69, 9.17) is 0 Å². The molecule has 1 amide bonds. The van der Waals surface area contributed by atoms with Gasteiger partial charge in [-0.3, -0.25) is 9.69 Å². The minimum absolute atomic E-state index is 0.132. The lowest BCUT2D eigenvalue weighted by molar-refractivity contribution is -0.120. The van der Waals surface area contributed by atoms with E-state index >= 15 is 0 Å². The fourth-order valence-electron chi connectivity index (χ4n) is 4.46. The van der Waals surface area contributed by atoms with Gasteiger partial charge in [-0.25, -0.2) is 0 Å². The number of piperazine rings is 1. The van der Waals surface area contributed by atoms with Gasteiger partial charge in [-0.05, 0) is 30.9 Å². The summed E-state index contributed by atoms with van der Waals surface area (Å²) < 4.78 is 0. The van der Waals surface area contributed by atoms with E-state index < -0.39 is 0 Å². The molecular weight excluding hydrogens is 336 g/mol. The molecule has 0 aliphatic carbocycles. The highest BCUT2D eigenvalue weighted by atomic mass is 16.1. The van der Waals surface area contributed by atoms with E-state index in [2.05, 4.69) is 56.8 Å². The van der Waals surface area contributed by atoms with Crippen LogP contribution in [0.15, 0.2) is 53.5 Å². The number of benzene rings is 1. The van der Waals surface area contributed by atoms with Gasteiger partial charge in [0.05, 0.1) is 0 Å². The Morgan fingerprint density at radius 1 is 1.26 bits per heavy atom. The number of allylic oxidation sites excluding steroid dienone is 1. The molecule has 0 saturated carbocycles. The number of carbonyl (C=O) groups excluding carboxylic acids is 1. The molecule has 5 heteroatoms. The van der Waals surface area contributed by atoms with Gasteiger partial charge in [-0.2, -0.15) is 0 Å². The molecule has 27 heavy (non-hydrogen) atoms. The predicted octanol–water partition coefficient (Wildman–Crippen LogP) is 2.58. The van der Waals surface area contributed by atoms with Gasteiger partial charge < -0.3 is 15.5 Å². The van der Waals surface area contributed by atoms with Gasteiger partial charge in [0.25, 0.3) is 0 Å². The fraction of sp³-hybridized carbons (Fsp3) is 0.500. The molecule has 1 saturated heterocycles. The average molecular weight is 367 g/mol. The Kier molecular flexibility index (Phi) is 5.48. The molecule has 1 aromatic carbocycles. The van der Waals surface area contributed by atoms with E-state index in [1.165, 1.54) is 17.0 Å². The number of nitrogens with one attached hydrogen (secondary N) is 2. The number of nitrogens with zero attached hydrogens (tertiary/aromatic N) is 2.